The molecule has 0 saturated carbocycles. The van der Waals surface area contributed by atoms with Crippen LogP contribution in [0.1, 0.15) is 23.7 Å². The van der Waals surface area contributed by atoms with E-state index >= 15 is 0 Å². The molecule has 1 saturated heterocycles. The first-order valence-electron chi connectivity index (χ1n) is 10.3. The third-order valence-electron chi connectivity index (χ3n) is 5.43. The second kappa shape index (κ2) is 8.75. The average molecular weight is 418 g/mol. The van der Waals surface area contributed by atoms with Crippen LogP contribution < -0.4 is 15.3 Å². The standard InChI is InChI=1S/C24H27N5O2/c1-5-18-12-9-13-22(29-24(30)27(3)26-28(29)4)21(18)16-31-23-15-14-20(17(2)25-23)19-10-7-6-8-11-19/h6-15,26H,5,16H2,1-4H3. The van der Waals surface area contributed by atoms with Gasteiger partial charge in [-0.2, -0.15) is 0 Å². The summed E-state index contributed by atoms with van der Waals surface area (Å²) in [4.78, 5) is 17.3. The summed E-state index contributed by atoms with van der Waals surface area (Å²) < 4.78 is 6.10. The van der Waals surface area contributed by atoms with Crippen LogP contribution in [0.15, 0.2) is 60.7 Å². The number of hydrogen-bond acceptors (Lipinski definition) is 5. The van der Waals surface area contributed by atoms with E-state index in [1.807, 2.05) is 49.4 Å². The Balaban J connectivity index is 1.60. The fourth-order valence-electron chi connectivity index (χ4n) is 3.84. The second-order valence-electron chi connectivity index (χ2n) is 7.48. The highest BCUT2D eigenvalue weighted by atomic mass is 16.5. The van der Waals surface area contributed by atoms with Crippen molar-refractivity contribution in [2.45, 2.75) is 26.9 Å². The largest absolute Gasteiger partial charge is 0.473 e. The molecule has 4 rings (SSSR count). The lowest BCUT2D eigenvalue weighted by molar-refractivity contribution is 0.167. The molecule has 1 aliphatic heterocycles. The van der Waals surface area contributed by atoms with Crippen molar-refractivity contribution in [3.8, 4) is 17.0 Å². The molecule has 1 aliphatic rings. The third-order valence-corrected chi connectivity index (χ3v) is 5.43. The van der Waals surface area contributed by atoms with Gasteiger partial charge in [0, 0.05) is 37.0 Å². The van der Waals surface area contributed by atoms with Gasteiger partial charge in [0.1, 0.15) is 6.61 Å². The summed E-state index contributed by atoms with van der Waals surface area (Å²) in [6, 6.07) is 19.9. The Kier molecular flexibility index (Phi) is 5.88. The number of hydrazine groups is 3. The molecule has 0 aliphatic carbocycles. The van der Waals surface area contributed by atoms with Crippen LogP contribution in [0.3, 0.4) is 0 Å². The molecule has 0 spiro atoms. The molecule has 0 atom stereocenters. The van der Waals surface area contributed by atoms with Gasteiger partial charge in [-0.15, -0.1) is 10.7 Å². The fourth-order valence-corrected chi connectivity index (χ4v) is 3.84. The molecular weight excluding hydrogens is 390 g/mol. The Morgan fingerprint density at radius 2 is 1.77 bits per heavy atom. The number of anilines is 1. The first-order chi connectivity index (χ1) is 15.0. The Morgan fingerprint density at radius 3 is 2.42 bits per heavy atom. The van der Waals surface area contributed by atoms with Gasteiger partial charge < -0.3 is 4.74 Å². The molecule has 1 aromatic heterocycles. The molecule has 1 fully saturated rings. The third kappa shape index (κ3) is 4.10. The van der Waals surface area contributed by atoms with Crippen LogP contribution in [0.25, 0.3) is 11.1 Å². The maximum Gasteiger partial charge on any atom is 0.355 e. The molecule has 7 nitrogen and oxygen atoms in total. The number of nitrogens with zero attached hydrogens (tertiary/aromatic N) is 4. The number of amides is 2. The predicted molar refractivity (Wildman–Crippen MR) is 121 cm³/mol. The molecule has 2 amide bonds. The highest BCUT2D eigenvalue weighted by Gasteiger charge is 2.33. The number of urea groups is 1. The van der Waals surface area contributed by atoms with Gasteiger partial charge in [0.15, 0.2) is 0 Å². The number of carbonyl (C=O) groups is 1. The molecule has 0 radical (unpaired) electrons. The number of aromatic nitrogens is 1. The molecule has 160 valence electrons. The number of aryl methyl sites for hydroxylation is 2. The summed E-state index contributed by atoms with van der Waals surface area (Å²) >= 11 is 0. The maximum atomic E-state index is 12.7. The van der Waals surface area contributed by atoms with Crippen LogP contribution in [0.4, 0.5) is 10.5 Å². The van der Waals surface area contributed by atoms with E-state index in [0.29, 0.717) is 12.5 Å². The van der Waals surface area contributed by atoms with Crippen LogP contribution in [0, 0.1) is 6.92 Å². The lowest BCUT2D eigenvalue weighted by atomic mass is 10.0. The SMILES string of the molecule is CCc1cccc(N2C(=O)N(C)NN2C)c1COc1ccc(-c2ccccc2)c(C)n1. The summed E-state index contributed by atoms with van der Waals surface area (Å²) in [7, 11) is 3.50. The minimum atomic E-state index is -0.154. The lowest BCUT2D eigenvalue weighted by Crippen LogP contribution is -2.40. The number of ether oxygens (including phenoxy) is 1. The molecular formula is C24H27N5O2. The first-order valence-corrected chi connectivity index (χ1v) is 10.3. The number of rotatable bonds is 6. The van der Waals surface area contributed by atoms with Gasteiger partial charge in [-0.1, -0.05) is 49.4 Å². The van der Waals surface area contributed by atoms with Crippen LogP contribution >= 0.6 is 0 Å². The molecule has 0 unspecified atom stereocenters. The average Bonchev–Trinajstić information content (AvgIpc) is 3.03. The highest BCUT2D eigenvalue weighted by molar-refractivity contribution is 5.93. The topological polar surface area (TPSA) is 60.9 Å². The Bertz CT molecular complexity index is 1090. The predicted octanol–water partition coefficient (Wildman–Crippen LogP) is 4.34. The number of pyridine rings is 1. The molecule has 31 heavy (non-hydrogen) atoms. The smallest absolute Gasteiger partial charge is 0.355 e. The van der Waals surface area contributed by atoms with Gasteiger partial charge in [0.25, 0.3) is 0 Å². The van der Waals surface area contributed by atoms with Gasteiger partial charge in [0.2, 0.25) is 5.88 Å². The summed E-state index contributed by atoms with van der Waals surface area (Å²) in [5.41, 5.74) is 8.99. The fraction of sp³-hybridized carbons (Fsp3) is 0.250. The van der Waals surface area contributed by atoms with Gasteiger partial charge in [-0.05, 0) is 36.6 Å². The number of nitrogens with one attached hydrogen (secondary N) is 1. The van der Waals surface area contributed by atoms with E-state index in [1.54, 1.807) is 24.2 Å². The van der Waals surface area contributed by atoms with Crippen molar-refractivity contribution < 1.29 is 9.53 Å². The van der Waals surface area contributed by atoms with Crippen LogP contribution in [-0.4, -0.2) is 35.2 Å². The Labute approximate surface area is 182 Å². The van der Waals surface area contributed by atoms with Crippen molar-refractivity contribution in [3.05, 3.63) is 77.5 Å². The zero-order valence-corrected chi connectivity index (χ0v) is 18.3. The molecule has 2 heterocycles. The van der Waals surface area contributed by atoms with E-state index in [0.717, 1.165) is 40.1 Å². The normalized spacial score (nSPS) is 14.4. The van der Waals surface area contributed by atoms with Gasteiger partial charge in [0.05, 0.1) is 5.69 Å². The number of benzene rings is 2. The molecule has 2 aromatic carbocycles. The Hall–Kier alpha value is -3.42. The van der Waals surface area contributed by atoms with Gasteiger partial charge >= 0.3 is 6.03 Å². The Morgan fingerprint density at radius 1 is 1.00 bits per heavy atom. The summed E-state index contributed by atoms with van der Waals surface area (Å²) in [6.45, 7) is 4.40. The molecule has 7 heteroatoms. The molecule has 1 N–H and O–H groups in total. The zero-order valence-electron chi connectivity index (χ0n) is 18.3. The minimum absolute atomic E-state index is 0.154. The maximum absolute atomic E-state index is 12.7. The zero-order chi connectivity index (χ0) is 22.0. The second-order valence-corrected chi connectivity index (χ2v) is 7.48. The first kappa shape index (κ1) is 20.8. The minimum Gasteiger partial charge on any atom is -0.473 e. The van der Waals surface area contributed by atoms with Crippen molar-refractivity contribution in [2.75, 3.05) is 19.1 Å². The quantitative estimate of drug-likeness (QED) is 0.647. The van der Waals surface area contributed by atoms with E-state index in [-0.39, 0.29) is 6.03 Å². The van der Waals surface area contributed by atoms with Crippen molar-refractivity contribution in [3.63, 3.8) is 0 Å². The van der Waals surface area contributed by atoms with Crippen LogP contribution in [0.5, 0.6) is 5.88 Å². The molecule has 3 aromatic rings. The number of carbonyl (C=O) groups excluding carboxylic acids is 1. The van der Waals surface area contributed by atoms with E-state index in [4.69, 9.17) is 4.74 Å². The van der Waals surface area contributed by atoms with Gasteiger partial charge in [-0.3, -0.25) is 0 Å². The van der Waals surface area contributed by atoms with Crippen molar-refractivity contribution >= 4 is 11.7 Å². The number of hydrogen-bond donors (Lipinski definition) is 1. The summed E-state index contributed by atoms with van der Waals surface area (Å²) in [5, 5.41) is 4.71. The molecule has 0 bridgehead atoms. The van der Waals surface area contributed by atoms with Gasteiger partial charge in [-0.25, -0.2) is 19.8 Å². The van der Waals surface area contributed by atoms with E-state index in [9.17, 15) is 4.79 Å². The van der Waals surface area contributed by atoms with E-state index in [1.165, 1.54) is 5.01 Å². The van der Waals surface area contributed by atoms with Crippen molar-refractivity contribution in [2.24, 2.45) is 0 Å². The van der Waals surface area contributed by atoms with Crippen LogP contribution in [-0.2, 0) is 13.0 Å². The van der Waals surface area contributed by atoms with Crippen molar-refractivity contribution in [1.82, 2.24) is 20.6 Å². The van der Waals surface area contributed by atoms with E-state index in [2.05, 4.69) is 35.6 Å². The van der Waals surface area contributed by atoms with Crippen molar-refractivity contribution in [1.29, 1.82) is 0 Å². The monoisotopic (exact) mass is 417 g/mol. The van der Waals surface area contributed by atoms with Crippen LogP contribution in [0.2, 0.25) is 0 Å². The summed E-state index contributed by atoms with van der Waals surface area (Å²) in [6.07, 6.45) is 0.834. The summed E-state index contributed by atoms with van der Waals surface area (Å²) in [5.74, 6) is 0.561. The highest BCUT2D eigenvalue weighted by Crippen LogP contribution is 2.30. The lowest BCUT2D eigenvalue weighted by Gasteiger charge is -2.25. The van der Waals surface area contributed by atoms with E-state index < -0.39 is 0 Å².